The van der Waals surface area contributed by atoms with Crippen molar-refractivity contribution in [1.82, 2.24) is 5.32 Å². The molecule has 0 aromatic carbocycles. The fourth-order valence-electron chi connectivity index (χ4n) is 7.64. The quantitative estimate of drug-likeness (QED) is 0.0369. The summed E-state index contributed by atoms with van der Waals surface area (Å²) in [7, 11) is 0. The zero-order chi connectivity index (χ0) is 38.7. The van der Waals surface area contributed by atoms with Crippen LogP contribution in [0.25, 0.3) is 0 Å². The minimum absolute atomic E-state index is 0.0335. The number of amides is 1. The Labute approximate surface area is 331 Å². The lowest BCUT2D eigenvalue weighted by molar-refractivity contribution is -0.125. The first-order valence-corrected chi connectivity index (χ1v) is 24.0. The van der Waals surface area contributed by atoms with Crippen LogP contribution in [-0.4, -0.2) is 46.1 Å². The second kappa shape index (κ2) is 43.8. The molecule has 0 saturated heterocycles. The van der Waals surface area contributed by atoms with Crippen molar-refractivity contribution in [3.05, 3.63) is 12.2 Å². The average molecular weight is 750 g/mol. The number of aliphatic hydroxyl groups excluding tert-OH is 3. The minimum Gasteiger partial charge on any atom is -0.394 e. The van der Waals surface area contributed by atoms with E-state index in [2.05, 4.69) is 31.3 Å². The van der Waals surface area contributed by atoms with Gasteiger partial charge < -0.3 is 20.6 Å². The molecule has 3 atom stereocenters. The van der Waals surface area contributed by atoms with Crippen molar-refractivity contribution < 1.29 is 20.1 Å². The number of hydrogen-bond donors (Lipinski definition) is 4. The van der Waals surface area contributed by atoms with Crippen LogP contribution in [0, 0.1) is 0 Å². The van der Waals surface area contributed by atoms with Gasteiger partial charge in [-0.3, -0.25) is 4.79 Å². The Balaban J connectivity index is 3.53. The van der Waals surface area contributed by atoms with Gasteiger partial charge in [-0.1, -0.05) is 231 Å². The third kappa shape index (κ3) is 40.6. The van der Waals surface area contributed by atoms with E-state index in [1.807, 2.05) is 0 Å². The van der Waals surface area contributed by atoms with E-state index in [9.17, 15) is 20.1 Å². The highest BCUT2D eigenvalue weighted by Crippen LogP contribution is 2.17. The Morgan fingerprint density at radius 1 is 0.453 bits per heavy atom. The van der Waals surface area contributed by atoms with Gasteiger partial charge in [0.15, 0.2) is 0 Å². The summed E-state index contributed by atoms with van der Waals surface area (Å²) in [4.78, 5) is 12.5. The molecule has 5 heteroatoms. The van der Waals surface area contributed by atoms with Crippen LogP contribution >= 0.6 is 0 Å². The molecule has 0 aliphatic rings. The first kappa shape index (κ1) is 52.1. The summed E-state index contributed by atoms with van der Waals surface area (Å²) in [5.41, 5.74) is 0. The zero-order valence-corrected chi connectivity index (χ0v) is 35.9. The number of nitrogens with one attached hydrogen (secondary N) is 1. The molecule has 0 radical (unpaired) electrons. The Morgan fingerprint density at radius 3 is 1.11 bits per heavy atom. The fourth-order valence-corrected chi connectivity index (χ4v) is 7.64. The predicted octanol–water partition coefficient (Wildman–Crippen LogP) is 14.0. The molecule has 0 heterocycles. The standard InChI is InChI=1S/C48H95NO4/c1-3-5-7-9-11-13-15-17-18-19-20-21-22-23-24-25-26-27-28-30-32-34-36-38-40-42-47(52)46(44-50)49-48(53)43-45(51)41-39-37-35-33-31-29-16-14-12-10-8-6-4-2/h14,16,45-47,50-52H,3-13,15,17-44H2,1-2H3,(H,49,53)/b16-14-. The lowest BCUT2D eigenvalue weighted by Crippen LogP contribution is -2.46. The molecule has 1 amide bonds. The van der Waals surface area contributed by atoms with E-state index in [1.54, 1.807) is 0 Å². The molecule has 0 aliphatic heterocycles. The second-order valence-electron chi connectivity index (χ2n) is 16.7. The lowest BCUT2D eigenvalue weighted by Gasteiger charge is -2.23. The Morgan fingerprint density at radius 2 is 0.755 bits per heavy atom. The van der Waals surface area contributed by atoms with Gasteiger partial charge in [0.05, 0.1) is 31.3 Å². The van der Waals surface area contributed by atoms with E-state index in [0.717, 1.165) is 32.1 Å². The number of allylic oxidation sites excluding steroid dienone is 2. The van der Waals surface area contributed by atoms with Crippen molar-refractivity contribution in [3.63, 3.8) is 0 Å². The van der Waals surface area contributed by atoms with E-state index in [-0.39, 0.29) is 18.9 Å². The highest BCUT2D eigenvalue weighted by molar-refractivity contribution is 5.76. The smallest absolute Gasteiger partial charge is 0.222 e. The SMILES string of the molecule is CCCCCC/C=C\CCCCCCCC(O)CC(=O)NC(CO)C(O)CCCCCCCCCCCCCCCCCCCCCCCCCCC. The maximum Gasteiger partial charge on any atom is 0.222 e. The number of unbranched alkanes of at least 4 members (excludes halogenated alkanes) is 33. The topological polar surface area (TPSA) is 89.8 Å². The highest BCUT2D eigenvalue weighted by atomic mass is 16.3. The molecule has 0 aromatic rings. The van der Waals surface area contributed by atoms with Crippen molar-refractivity contribution in [3.8, 4) is 0 Å². The highest BCUT2D eigenvalue weighted by Gasteiger charge is 2.21. The fraction of sp³-hybridized carbons (Fsp3) is 0.938. The van der Waals surface area contributed by atoms with Gasteiger partial charge in [0.2, 0.25) is 5.91 Å². The molecular formula is C48H95NO4. The summed E-state index contributed by atoms with van der Waals surface area (Å²) in [5, 5.41) is 33.4. The van der Waals surface area contributed by atoms with Gasteiger partial charge >= 0.3 is 0 Å². The van der Waals surface area contributed by atoms with Crippen LogP contribution in [0.3, 0.4) is 0 Å². The largest absolute Gasteiger partial charge is 0.394 e. The molecule has 0 spiro atoms. The predicted molar refractivity (Wildman–Crippen MR) is 232 cm³/mol. The van der Waals surface area contributed by atoms with Gasteiger partial charge in [-0.15, -0.1) is 0 Å². The summed E-state index contributed by atoms with van der Waals surface area (Å²) in [6, 6.07) is -0.658. The summed E-state index contributed by atoms with van der Waals surface area (Å²) in [5.74, 6) is -0.285. The zero-order valence-electron chi connectivity index (χ0n) is 35.9. The Bertz CT molecular complexity index is 743. The van der Waals surface area contributed by atoms with E-state index in [0.29, 0.717) is 12.8 Å². The van der Waals surface area contributed by atoms with Crippen molar-refractivity contribution >= 4 is 5.91 Å². The van der Waals surface area contributed by atoms with Crippen LogP contribution in [0.15, 0.2) is 12.2 Å². The first-order valence-electron chi connectivity index (χ1n) is 24.0. The summed E-state index contributed by atoms with van der Waals surface area (Å²) in [6.45, 7) is 4.26. The molecule has 3 unspecified atom stereocenters. The molecule has 0 saturated carbocycles. The van der Waals surface area contributed by atoms with Crippen LogP contribution in [0.4, 0.5) is 0 Å². The number of carbonyl (C=O) groups is 1. The monoisotopic (exact) mass is 750 g/mol. The average Bonchev–Trinajstić information content (AvgIpc) is 3.15. The van der Waals surface area contributed by atoms with Gasteiger partial charge in [-0.25, -0.2) is 0 Å². The maximum atomic E-state index is 12.5. The third-order valence-corrected chi connectivity index (χ3v) is 11.3. The van der Waals surface area contributed by atoms with Crippen molar-refractivity contribution in [1.29, 1.82) is 0 Å². The van der Waals surface area contributed by atoms with Crippen molar-refractivity contribution in [2.24, 2.45) is 0 Å². The molecule has 53 heavy (non-hydrogen) atoms. The summed E-state index contributed by atoms with van der Waals surface area (Å²) < 4.78 is 0. The number of hydrogen-bond acceptors (Lipinski definition) is 4. The van der Waals surface area contributed by atoms with E-state index in [4.69, 9.17) is 0 Å². The number of rotatable bonds is 44. The maximum absolute atomic E-state index is 12.5. The Hall–Kier alpha value is -0.910. The van der Waals surface area contributed by atoms with Crippen LogP contribution in [0.2, 0.25) is 0 Å². The molecule has 0 rings (SSSR count). The lowest BCUT2D eigenvalue weighted by atomic mass is 10.0. The number of carbonyl (C=O) groups excluding carboxylic acids is 1. The first-order chi connectivity index (χ1) is 26.0. The van der Waals surface area contributed by atoms with Crippen molar-refractivity contribution in [2.45, 2.75) is 283 Å². The van der Waals surface area contributed by atoms with Crippen molar-refractivity contribution in [2.75, 3.05) is 6.61 Å². The molecular weight excluding hydrogens is 655 g/mol. The molecule has 0 bridgehead atoms. The van der Waals surface area contributed by atoms with Gasteiger partial charge in [0.1, 0.15) is 0 Å². The molecule has 4 N–H and O–H groups in total. The van der Waals surface area contributed by atoms with E-state index in [1.165, 1.54) is 199 Å². The van der Waals surface area contributed by atoms with Gasteiger partial charge in [0.25, 0.3) is 0 Å². The van der Waals surface area contributed by atoms with Crippen LogP contribution in [0.1, 0.15) is 264 Å². The molecule has 0 aromatic heterocycles. The Kier molecular flexibility index (Phi) is 43.1. The van der Waals surface area contributed by atoms with Gasteiger partial charge in [-0.2, -0.15) is 0 Å². The normalized spacial score (nSPS) is 13.5. The number of aliphatic hydroxyl groups is 3. The van der Waals surface area contributed by atoms with Crippen LogP contribution in [0.5, 0.6) is 0 Å². The summed E-state index contributed by atoms with van der Waals surface area (Å²) in [6.07, 6.45) is 52.0. The van der Waals surface area contributed by atoms with Crippen LogP contribution < -0.4 is 5.32 Å². The van der Waals surface area contributed by atoms with Gasteiger partial charge in [-0.05, 0) is 38.5 Å². The summed E-state index contributed by atoms with van der Waals surface area (Å²) >= 11 is 0. The molecule has 0 fully saturated rings. The van der Waals surface area contributed by atoms with Gasteiger partial charge in [0, 0.05) is 0 Å². The molecule has 5 nitrogen and oxygen atoms in total. The third-order valence-electron chi connectivity index (χ3n) is 11.3. The van der Waals surface area contributed by atoms with E-state index >= 15 is 0 Å². The second-order valence-corrected chi connectivity index (χ2v) is 16.7. The minimum atomic E-state index is -0.749. The van der Waals surface area contributed by atoms with E-state index < -0.39 is 18.2 Å². The molecule has 316 valence electrons. The molecule has 0 aliphatic carbocycles. The van der Waals surface area contributed by atoms with Crippen LogP contribution in [-0.2, 0) is 4.79 Å².